The molecule has 1 aromatic carbocycles. The van der Waals surface area contributed by atoms with Crippen LogP contribution in [0.3, 0.4) is 0 Å². The maximum absolute atomic E-state index is 13.8. The third-order valence-corrected chi connectivity index (χ3v) is 4.11. The molecule has 0 aliphatic rings. The monoisotopic (exact) mass is 352 g/mol. The lowest BCUT2D eigenvalue weighted by Crippen LogP contribution is -2.53. The van der Waals surface area contributed by atoms with Crippen molar-refractivity contribution in [3.63, 3.8) is 0 Å². The van der Waals surface area contributed by atoms with Gasteiger partial charge in [0, 0.05) is 4.88 Å². The fraction of sp³-hybridized carbons (Fsp3) is 0.200. The van der Waals surface area contributed by atoms with Crippen LogP contribution in [0.5, 0.6) is 0 Å². The van der Waals surface area contributed by atoms with Crippen LogP contribution in [0.1, 0.15) is 10.4 Å². The van der Waals surface area contributed by atoms with E-state index in [0.717, 1.165) is 24.3 Å². The Morgan fingerprint density at radius 2 is 1.57 bits per heavy atom. The SMILES string of the molecule is OC(/C=C/c1ccc(F)cc1)(c1cccs1)C(F)(F)C(F)(F)F. The molecule has 0 saturated heterocycles. The summed E-state index contributed by atoms with van der Waals surface area (Å²) in [7, 11) is 0. The first-order valence-corrected chi connectivity index (χ1v) is 7.11. The minimum atomic E-state index is -5.95. The third kappa shape index (κ3) is 3.28. The van der Waals surface area contributed by atoms with Gasteiger partial charge < -0.3 is 5.11 Å². The van der Waals surface area contributed by atoms with E-state index in [1.165, 1.54) is 23.6 Å². The first kappa shape index (κ1) is 17.6. The summed E-state index contributed by atoms with van der Waals surface area (Å²) in [6.45, 7) is 0. The number of benzene rings is 1. The average Bonchev–Trinajstić information content (AvgIpc) is 2.99. The molecular formula is C15H10F6OS. The second-order valence-electron chi connectivity index (χ2n) is 4.70. The van der Waals surface area contributed by atoms with Crippen molar-refractivity contribution in [2.24, 2.45) is 0 Å². The van der Waals surface area contributed by atoms with E-state index in [4.69, 9.17) is 0 Å². The molecule has 2 aromatic rings. The van der Waals surface area contributed by atoms with Crippen LogP contribution in [0.15, 0.2) is 47.9 Å². The van der Waals surface area contributed by atoms with Crippen LogP contribution in [-0.4, -0.2) is 17.2 Å². The number of halogens is 6. The summed E-state index contributed by atoms with van der Waals surface area (Å²) in [4.78, 5) is -0.557. The molecule has 0 bridgehead atoms. The Hall–Kier alpha value is -1.80. The number of rotatable bonds is 4. The molecular weight excluding hydrogens is 342 g/mol. The molecule has 1 nitrogen and oxygen atoms in total. The van der Waals surface area contributed by atoms with Crippen molar-refractivity contribution in [1.29, 1.82) is 0 Å². The lowest BCUT2D eigenvalue weighted by atomic mass is 9.91. The molecule has 1 heterocycles. The topological polar surface area (TPSA) is 20.2 Å². The standard InChI is InChI=1S/C15H10F6OS/c16-11-5-3-10(4-6-11)7-8-13(22,12-2-1-9-23-12)14(17,18)15(19,20)21/h1-9,22H/b8-7+. The molecule has 1 atom stereocenters. The maximum atomic E-state index is 13.8. The number of thiophene rings is 1. The third-order valence-electron chi connectivity index (χ3n) is 3.12. The van der Waals surface area contributed by atoms with Gasteiger partial charge in [-0.25, -0.2) is 4.39 Å². The molecule has 0 amide bonds. The lowest BCUT2D eigenvalue weighted by molar-refractivity contribution is -0.334. The molecule has 0 radical (unpaired) electrons. The normalized spacial score (nSPS) is 15.8. The Morgan fingerprint density at radius 1 is 0.957 bits per heavy atom. The van der Waals surface area contributed by atoms with E-state index < -0.39 is 28.4 Å². The van der Waals surface area contributed by atoms with Gasteiger partial charge in [0.25, 0.3) is 0 Å². The van der Waals surface area contributed by atoms with Gasteiger partial charge in [-0.3, -0.25) is 0 Å². The highest BCUT2D eigenvalue weighted by molar-refractivity contribution is 7.10. The van der Waals surface area contributed by atoms with E-state index in [0.29, 0.717) is 17.4 Å². The van der Waals surface area contributed by atoms with Gasteiger partial charge in [0.2, 0.25) is 0 Å². The van der Waals surface area contributed by atoms with Crippen LogP contribution >= 0.6 is 11.3 Å². The quantitative estimate of drug-likeness (QED) is 0.769. The highest BCUT2D eigenvalue weighted by atomic mass is 32.1. The Morgan fingerprint density at radius 3 is 2.04 bits per heavy atom. The molecule has 0 aliphatic heterocycles. The first-order valence-electron chi connectivity index (χ1n) is 6.23. The Kier molecular flexibility index (Phi) is 4.59. The number of aliphatic hydroxyl groups is 1. The van der Waals surface area contributed by atoms with Gasteiger partial charge in [0.15, 0.2) is 5.60 Å². The molecule has 1 aromatic heterocycles. The Balaban J connectivity index is 2.49. The second kappa shape index (κ2) is 6.01. The number of hydrogen-bond acceptors (Lipinski definition) is 2. The summed E-state index contributed by atoms with van der Waals surface area (Å²) < 4.78 is 78.6. The van der Waals surface area contributed by atoms with Gasteiger partial charge in [-0.1, -0.05) is 24.3 Å². The van der Waals surface area contributed by atoms with Crippen molar-refractivity contribution >= 4 is 17.4 Å². The van der Waals surface area contributed by atoms with Crippen LogP contribution in [0, 0.1) is 5.82 Å². The highest BCUT2D eigenvalue weighted by Crippen LogP contribution is 2.50. The first-order chi connectivity index (χ1) is 10.6. The molecule has 0 aliphatic carbocycles. The fourth-order valence-corrected chi connectivity index (χ4v) is 2.68. The summed E-state index contributed by atoms with van der Waals surface area (Å²) >= 11 is 0.569. The zero-order chi connectivity index (χ0) is 17.3. The van der Waals surface area contributed by atoms with Gasteiger partial charge in [0.1, 0.15) is 5.82 Å². The van der Waals surface area contributed by atoms with E-state index in [9.17, 15) is 31.4 Å². The van der Waals surface area contributed by atoms with Crippen molar-refractivity contribution in [1.82, 2.24) is 0 Å². The van der Waals surface area contributed by atoms with E-state index >= 15 is 0 Å². The predicted molar refractivity (Wildman–Crippen MR) is 74.7 cm³/mol. The van der Waals surface area contributed by atoms with Crippen LogP contribution in [-0.2, 0) is 5.60 Å². The maximum Gasteiger partial charge on any atom is 0.457 e. The smallest absolute Gasteiger partial charge is 0.374 e. The summed E-state index contributed by atoms with van der Waals surface area (Å²) in [6.07, 6.45) is -4.68. The van der Waals surface area contributed by atoms with Crippen molar-refractivity contribution in [3.8, 4) is 0 Å². The molecule has 23 heavy (non-hydrogen) atoms. The highest BCUT2D eigenvalue weighted by Gasteiger charge is 2.70. The largest absolute Gasteiger partial charge is 0.457 e. The van der Waals surface area contributed by atoms with Crippen LogP contribution in [0.2, 0.25) is 0 Å². The van der Waals surface area contributed by atoms with Gasteiger partial charge in [-0.2, -0.15) is 22.0 Å². The lowest BCUT2D eigenvalue weighted by Gasteiger charge is -2.33. The molecule has 0 fully saturated rings. The van der Waals surface area contributed by atoms with Gasteiger partial charge >= 0.3 is 12.1 Å². The van der Waals surface area contributed by atoms with E-state index in [1.807, 2.05) is 0 Å². The molecule has 1 unspecified atom stereocenters. The summed E-state index contributed by atoms with van der Waals surface area (Å²) in [6, 6.07) is 6.65. The van der Waals surface area contributed by atoms with Crippen molar-refractivity contribution in [2.45, 2.75) is 17.7 Å². The van der Waals surface area contributed by atoms with Crippen LogP contribution in [0.4, 0.5) is 26.3 Å². The van der Waals surface area contributed by atoms with Crippen LogP contribution in [0.25, 0.3) is 6.08 Å². The van der Waals surface area contributed by atoms with Gasteiger partial charge in [-0.05, 0) is 35.2 Å². The molecule has 124 valence electrons. The van der Waals surface area contributed by atoms with E-state index in [-0.39, 0.29) is 5.56 Å². The fourth-order valence-electron chi connectivity index (χ4n) is 1.84. The Bertz CT molecular complexity index is 675. The zero-order valence-corrected chi connectivity index (χ0v) is 12.1. The van der Waals surface area contributed by atoms with Crippen molar-refractivity contribution in [3.05, 3.63) is 64.1 Å². The van der Waals surface area contributed by atoms with Crippen molar-refractivity contribution < 1.29 is 31.4 Å². The molecule has 2 rings (SSSR count). The Labute approximate surface area is 131 Å². The molecule has 0 spiro atoms. The summed E-state index contributed by atoms with van der Waals surface area (Å²) in [5.74, 6) is -5.99. The predicted octanol–water partition coefficient (Wildman–Crippen LogP) is 4.99. The van der Waals surface area contributed by atoms with Crippen LogP contribution < -0.4 is 0 Å². The molecule has 1 N–H and O–H groups in total. The average molecular weight is 352 g/mol. The van der Waals surface area contributed by atoms with Crippen molar-refractivity contribution in [2.75, 3.05) is 0 Å². The number of hydrogen-bond donors (Lipinski definition) is 1. The van der Waals surface area contributed by atoms with Gasteiger partial charge in [0.05, 0.1) is 0 Å². The summed E-state index contributed by atoms with van der Waals surface area (Å²) in [5, 5.41) is 11.4. The van der Waals surface area contributed by atoms with E-state index in [2.05, 4.69) is 0 Å². The number of alkyl halides is 5. The zero-order valence-electron chi connectivity index (χ0n) is 11.3. The molecule has 0 saturated carbocycles. The van der Waals surface area contributed by atoms with E-state index in [1.54, 1.807) is 0 Å². The molecule has 8 heteroatoms. The minimum absolute atomic E-state index is 0.166. The van der Waals surface area contributed by atoms with Gasteiger partial charge in [-0.15, -0.1) is 11.3 Å². The minimum Gasteiger partial charge on any atom is -0.374 e. The second-order valence-corrected chi connectivity index (χ2v) is 5.65. The summed E-state index contributed by atoms with van der Waals surface area (Å²) in [5.41, 5.74) is -3.40.